The Morgan fingerprint density at radius 2 is 1.88 bits per heavy atom. The monoisotopic (exact) mass is 220 g/mol. The molecule has 0 fully saturated rings. The summed E-state index contributed by atoms with van der Waals surface area (Å²) in [5.41, 5.74) is 1.18. The molecule has 0 aliphatic heterocycles. The molecular formula is C13H16O3. The molecule has 1 rings (SSSR count). The van der Waals surface area contributed by atoms with Crippen molar-refractivity contribution in [3.05, 3.63) is 35.9 Å². The zero-order valence-electron chi connectivity index (χ0n) is 9.35. The van der Waals surface area contributed by atoms with Crippen LogP contribution in [0.1, 0.15) is 25.3 Å². The Labute approximate surface area is 95.1 Å². The van der Waals surface area contributed by atoms with Crippen molar-refractivity contribution in [2.24, 2.45) is 5.92 Å². The molecule has 0 heterocycles. The molecule has 1 aromatic rings. The first-order valence-corrected chi connectivity index (χ1v) is 5.40. The minimum atomic E-state index is -1.04. The van der Waals surface area contributed by atoms with Crippen molar-refractivity contribution in [3.63, 3.8) is 0 Å². The molecule has 16 heavy (non-hydrogen) atoms. The van der Waals surface area contributed by atoms with Gasteiger partial charge in [0.25, 0.3) is 0 Å². The molecule has 3 nitrogen and oxygen atoms in total. The van der Waals surface area contributed by atoms with E-state index < -0.39 is 11.9 Å². The predicted molar refractivity (Wildman–Crippen MR) is 61.2 cm³/mol. The quantitative estimate of drug-likeness (QED) is 0.748. The lowest BCUT2D eigenvalue weighted by molar-refractivity contribution is -0.145. The van der Waals surface area contributed by atoms with E-state index in [-0.39, 0.29) is 5.78 Å². The molecule has 1 aromatic carbocycles. The van der Waals surface area contributed by atoms with Crippen molar-refractivity contribution in [2.75, 3.05) is 0 Å². The summed E-state index contributed by atoms with van der Waals surface area (Å²) in [7, 11) is 0. The summed E-state index contributed by atoms with van der Waals surface area (Å²) in [5.74, 6) is -2.11. The highest BCUT2D eigenvalue weighted by atomic mass is 16.4. The van der Waals surface area contributed by atoms with Gasteiger partial charge in [0, 0.05) is 6.42 Å². The zero-order valence-corrected chi connectivity index (χ0v) is 9.35. The molecule has 0 amide bonds. The number of benzene rings is 1. The SMILES string of the molecule is CC(C(=O)O)C(=O)CCCc1ccccc1. The maximum atomic E-state index is 11.4. The molecule has 1 atom stereocenters. The van der Waals surface area contributed by atoms with Gasteiger partial charge >= 0.3 is 5.97 Å². The Kier molecular flexibility index (Phi) is 4.70. The maximum Gasteiger partial charge on any atom is 0.313 e. The third-order valence-corrected chi connectivity index (χ3v) is 2.58. The van der Waals surface area contributed by atoms with Crippen molar-refractivity contribution in [1.82, 2.24) is 0 Å². The number of aliphatic carboxylic acids is 1. The average molecular weight is 220 g/mol. The topological polar surface area (TPSA) is 54.4 Å². The van der Waals surface area contributed by atoms with Crippen LogP contribution in [-0.4, -0.2) is 16.9 Å². The molecule has 0 saturated carbocycles. The lowest BCUT2D eigenvalue weighted by Crippen LogP contribution is -2.20. The van der Waals surface area contributed by atoms with E-state index >= 15 is 0 Å². The van der Waals surface area contributed by atoms with Gasteiger partial charge in [0.2, 0.25) is 0 Å². The van der Waals surface area contributed by atoms with E-state index in [0.717, 1.165) is 6.42 Å². The fraction of sp³-hybridized carbons (Fsp3) is 0.385. The van der Waals surface area contributed by atoms with Crippen LogP contribution in [0.25, 0.3) is 0 Å². The summed E-state index contributed by atoms with van der Waals surface area (Å²) < 4.78 is 0. The third-order valence-electron chi connectivity index (χ3n) is 2.58. The van der Waals surface area contributed by atoms with Crippen LogP contribution < -0.4 is 0 Å². The number of carboxylic acid groups (broad SMARTS) is 1. The number of ketones is 1. The lowest BCUT2D eigenvalue weighted by Gasteiger charge is -2.05. The van der Waals surface area contributed by atoms with E-state index in [9.17, 15) is 9.59 Å². The number of carbonyl (C=O) groups is 2. The summed E-state index contributed by atoms with van der Waals surface area (Å²) in [6.45, 7) is 1.44. The molecule has 0 radical (unpaired) electrons. The highest BCUT2D eigenvalue weighted by Gasteiger charge is 2.19. The van der Waals surface area contributed by atoms with E-state index in [1.165, 1.54) is 12.5 Å². The molecule has 0 spiro atoms. The van der Waals surface area contributed by atoms with Gasteiger partial charge in [0.05, 0.1) is 0 Å². The van der Waals surface area contributed by atoms with Gasteiger partial charge in [-0.2, -0.15) is 0 Å². The first-order chi connectivity index (χ1) is 7.61. The average Bonchev–Trinajstić information content (AvgIpc) is 2.29. The first kappa shape index (κ1) is 12.4. The van der Waals surface area contributed by atoms with Crippen LogP contribution in [0.2, 0.25) is 0 Å². The second kappa shape index (κ2) is 6.05. The largest absolute Gasteiger partial charge is 0.481 e. The molecule has 0 aliphatic carbocycles. The highest BCUT2D eigenvalue weighted by molar-refractivity contribution is 5.97. The van der Waals surface area contributed by atoms with Gasteiger partial charge in [0.1, 0.15) is 11.7 Å². The molecule has 0 aliphatic rings. The van der Waals surface area contributed by atoms with Crippen LogP contribution in [0.3, 0.4) is 0 Å². The Morgan fingerprint density at radius 1 is 1.25 bits per heavy atom. The first-order valence-electron chi connectivity index (χ1n) is 5.40. The van der Waals surface area contributed by atoms with E-state index in [1.54, 1.807) is 0 Å². The number of carboxylic acids is 1. The molecule has 86 valence electrons. The predicted octanol–water partition coefficient (Wildman–Crippen LogP) is 2.30. The minimum Gasteiger partial charge on any atom is -0.481 e. The third kappa shape index (κ3) is 3.85. The van der Waals surface area contributed by atoms with E-state index in [1.807, 2.05) is 30.3 Å². The molecular weight excluding hydrogens is 204 g/mol. The number of carbonyl (C=O) groups excluding carboxylic acids is 1. The van der Waals surface area contributed by atoms with Crippen LogP contribution >= 0.6 is 0 Å². The van der Waals surface area contributed by atoms with Crippen molar-refractivity contribution in [1.29, 1.82) is 0 Å². The van der Waals surface area contributed by atoms with Crippen molar-refractivity contribution in [3.8, 4) is 0 Å². The summed E-state index contributed by atoms with van der Waals surface area (Å²) in [5, 5.41) is 8.65. The maximum absolute atomic E-state index is 11.4. The normalized spacial score (nSPS) is 12.1. The molecule has 1 N–H and O–H groups in total. The van der Waals surface area contributed by atoms with Crippen LogP contribution in [0, 0.1) is 5.92 Å². The molecule has 0 bridgehead atoms. The molecule has 0 aromatic heterocycles. The second-order valence-corrected chi connectivity index (χ2v) is 3.87. The number of Topliss-reactive ketones (excluding diaryl/α,β-unsaturated/α-hetero) is 1. The van der Waals surface area contributed by atoms with Gasteiger partial charge in [-0.15, -0.1) is 0 Å². The summed E-state index contributed by atoms with van der Waals surface area (Å²) in [6.07, 6.45) is 1.86. The van der Waals surface area contributed by atoms with Crippen LogP contribution in [-0.2, 0) is 16.0 Å². The van der Waals surface area contributed by atoms with Gasteiger partial charge in [0.15, 0.2) is 0 Å². The minimum absolute atomic E-state index is 0.191. The van der Waals surface area contributed by atoms with Crippen LogP contribution in [0.5, 0.6) is 0 Å². The Hall–Kier alpha value is -1.64. The van der Waals surface area contributed by atoms with Gasteiger partial charge in [-0.25, -0.2) is 0 Å². The van der Waals surface area contributed by atoms with Gasteiger partial charge < -0.3 is 5.11 Å². The van der Waals surface area contributed by atoms with Crippen LogP contribution in [0.15, 0.2) is 30.3 Å². The van der Waals surface area contributed by atoms with Crippen molar-refractivity contribution in [2.45, 2.75) is 26.2 Å². The van der Waals surface area contributed by atoms with Crippen molar-refractivity contribution >= 4 is 11.8 Å². The van der Waals surface area contributed by atoms with Gasteiger partial charge in [-0.3, -0.25) is 9.59 Å². The Morgan fingerprint density at radius 3 is 2.44 bits per heavy atom. The molecule has 0 saturated heterocycles. The highest BCUT2D eigenvalue weighted by Crippen LogP contribution is 2.08. The molecule has 3 heteroatoms. The van der Waals surface area contributed by atoms with E-state index in [2.05, 4.69) is 0 Å². The van der Waals surface area contributed by atoms with Crippen LogP contribution in [0.4, 0.5) is 0 Å². The zero-order chi connectivity index (χ0) is 12.0. The number of hydrogen-bond donors (Lipinski definition) is 1. The summed E-state index contributed by atoms with van der Waals surface area (Å²) >= 11 is 0. The Balaban J connectivity index is 2.31. The van der Waals surface area contributed by atoms with E-state index in [0.29, 0.717) is 12.8 Å². The van der Waals surface area contributed by atoms with Gasteiger partial charge in [-0.1, -0.05) is 30.3 Å². The number of aryl methyl sites for hydroxylation is 1. The van der Waals surface area contributed by atoms with Crippen molar-refractivity contribution < 1.29 is 14.7 Å². The number of rotatable bonds is 6. The van der Waals surface area contributed by atoms with Gasteiger partial charge in [-0.05, 0) is 25.3 Å². The lowest BCUT2D eigenvalue weighted by atomic mass is 10.00. The Bertz CT molecular complexity index is 357. The fourth-order valence-corrected chi connectivity index (χ4v) is 1.47. The van der Waals surface area contributed by atoms with E-state index in [4.69, 9.17) is 5.11 Å². The second-order valence-electron chi connectivity index (χ2n) is 3.87. The smallest absolute Gasteiger partial charge is 0.313 e. The number of hydrogen-bond acceptors (Lipinski definition) is 2. The fourth-order valence-electron chi connectivity index (χ4n) is 1.47. The molecule has 1 unspecified atom stereocenters. The summed E-state index contributed by atoms with van der Waals surface area (Å²) in [4.78, 5) is 21.9. The standard InChI is InChI=1S/C13H16O3/c1-10(13(15)16)12(14)9-5-8-11-6-3-2-4-7-11/h2-4,6-7,10H,5,8-9H2,1H3,(H,15,16). The summed E-state index contributed by atoms with van der Waals surface area (Å²) in [6, 6.07) is 9.87.